The molecule has 0 saturated carbocycles. The molecule has 4 nitrogen and oxygen atoms in total. The molecular formula is C16H20N4S2. The molecule has 22 heavy (non-hydrogen) atoms. The predicted octanol–water partition coefficient (Wildman–Crippen LogP) is 2.65. The highest BCUT2D eigenvalue weighted by Crippen LogP contribution is 2.17. The zero-order chi connectivity index (χ0) is 16.5. The fourth-order valence-corrected chi connectivity index (χ4v) is 2.33. The second-order valence-corrected chi connectivity index (χ2v) is 5.39. The Bertz CT molecular complexity index is 612. The fourth-order valence-electron chi connectivity index (χ4n) is 1.79. The summed E-state index contributed by atoms with van der Waals surface area (Å²) >= 11 is 10.5. The molecule has 1 aromatic carbocycles. The van der Waals surface area contributed by atoms with Crippen LogP contribution in [-0.4, -0.2) is 23.2 Å². The Hall–Kier alpha value is -1.97. The largest absolute Gasteiger partial charge is 0.375 e. The summed E-state index contributed by atoms with van der Waals surface area (Å²) in [6.07, 6.45) is 0. The Balaban J connectivity index is 3.30. The van der Waals surface area contributed by atoms with Crippen LogP contribution in [0.2, 0.25) is 0 Å². The van der Waals surface area contributed by atoms with Crippen molar-refractivity contribution in [1.29, 1.82) is 5.26 Å². The summed E-state index contributed by atoms with van der Waals surface area (Å²) in [5, 5.41) is 19.1. The second kappa shape index (κ2) is 9.13. The van der Waals surface area contributed by atoms with E-state index in [1.54, 1.807) is 0 Å². The maximum absolute atomic E-state index is 9.51. The molecule has 0 heterocycles. The van der Waals surface area contributed by atoms with E-state index in [0.717, 1.165) is 11.1 Å². The molecule has 0 unspecified atom stereocenters. The average Bonchev–Trinajstić information content (AvgIpc) is 2.48. The molecule has 0 aliphatic rings. The van der Waals surface area contributed by atoms with Gasteiger partial charge in [-0.25, -0.2) is 0 Å². The number of hydrogen-bond donors (Lipinski definition) is 3. The van der Waals surface area contributed by atoms with Gasteiger partial charge in [0.15, 0.2) is 5.11 Å². The fraction of sp³-hybridized carbons (Fsp3) is 0.312. The van der Waals surface area contributed by atoms with Crippen molar-refractivity contribution >= 4 is 40.2 Å². The first kappa shape index (κ1) is 18.1. The first-order chi connectivity index (χ1) is 10.5. The van der Waals surface area contributed by atoms with E-state index in [0.29, 0.717) is 34.5 Å². The van der Waals surface area contributed by atoms with Gasteiger partial charge in [0.05, 0.1) is 5.70 Å². The number of thiocarbonyl (C=S) groups is 2. The van der Waals surface area contributed by atoms with Crippen LogP contribution < -0.4 is 16.0 Å². The lowest BCUT2D eigenvalue weighted by Gasteiger charge is -2.16. The number of aryl methyl sites for hydroxylation is 1. The van der Waals surface area contributed by atoms with Crippen LogP contribution in [0.3, 0.4) is 0 Å². The van der Waals surface area contributed by atoms with Crippen LogP contribution in [0.25, 0.3) is 5.70 Å². The van der Waals surface area contributed by atoms with E-state index >= 15 is 0 Å². The standard InChI is InChI=1S/C16H20N4S2/c1-4-18-15(21)13(10-17)14(20-16(22)19-5-2)12-8-6-11(3)7-9-12/h6-9H,4-5H2,1-3H3,(H,18,21)(H2,19,20,22)/b14-13-. The third-order valence-electron chi connectivity index (χ3n) is 2.84. The lowest BCUT2D eigenvalue weighted by atomic mass is 10.1. The molecule has 3 N–H and O–H groups in total. The van der Waals surface area contributed by atoms with Gasteiger partial charge in [-0.05, 0) is 38.6 Å². The van der Waals surface area contributed by atoms with Gasteiger partial charge in [0.2, 0.25) is 0 Å². The molecule has 1 aromatic rings. The minimum Gasteiger partial charge on any atom is -0.375 e. The first-order valence-electron chi connectivity index (χ1n) is 7.07. The highest BCUT2D eigenvalue weighted by Gasteiger charge is 2.14. The Morgan fingerprint density at radius 2 is 1.68 bits per heavy atom. The van der Waals surface area contributed by atoms with Crippen LogP contribution in [0.15, 0.2) is 29.8 Å². The van der Waals surface area contributed by atoms with Crippen molar-refractivity contribution in [3.05, 3.63) is 41.0 Å². The van der Waals surface area contributed by atoms with Crippen LogP contribution in [0.5, 0.6) is 0 Å². The molecule has 0 saturated heterocycles. The number of hydrogen-bond acceptors (Lipinski definition) is 3. The van der Waals surface area contributed by atoms with Gasteiger partial charge < -0.3 is 16.0 Å². The normalized spacial score (nSPS) is 11.0. The summed E-state index contributed by atoms with van der Waals surface area (Å²) in [5.74, 6) is 0. The summed E-state index contributed by atoms with van der Waals surface area (Å²) in [5.41, 5.74) is 2.99. The molecule has 0 aromatic heterocycles. The zero-order valence-electron chi connectivity index (χ0n) is 13.0. The number of rotatable bonds is 5. The molecule has 6 heteroatoms. The summed E-state index contributed by atoms with van der Waals surface area (Å²) in [6, 6.07) is 10.0. The van der Waals surface area contributed by atoms with Gasteiger partial charge >= 0.3 is 0 Å². The van der Waals surface area contributed by atoms with Crippen LogP contribution in [-0.2, 0) is 0 Å². The minimum atomic E-state index is 0.376. The van der Waals surface area contributed by atoms with Crippen LogP contribution in [0.1, 0.15) is 25.0 Å². The number of benzene rings is 1. The van der Waals surface area contributed by atoms with Crippen molar-refractivity contribution in [3.63, 3.8) is 0 Å². The van der Waals surface area contributed by atoms with E-state index in [-0.39, 0.29) is 0 Å². The molecule has 1 rings (SSSR count). The monoisotopic (exact) mass is 332 g/mol. The van der Waals surface area contributed by atoms with E-state index in [4.69, 9.17) is 24.4 Å². The zero-order valence-corrected chi connectivity index (χ0v) is 14.6. The van der Waals surface area contributed by atoms with Crippen molar-refractivity contribution in [2.75, 3.05) is 13.1 Å². The SMILES string of the molecule is CCNC(=S)N/C(=C(/C#N)C(=S)NCC)c1ccc(C)cc1. The third-order valence-corrected chi connectivity index (χ3v) is 3.44. The second-order valence-electron chi connectivity index (χ2n) is 4.57. The molecule has 0 spiro atoms. The number of nitriles is 1. The topological polar surface area (TPSA) is 59.9 Å². The molecule has 0 amide bonds. The van der Waals surface area contributed by atoms with Crippen LogP contribution in [0.4, 0.5) is 0 Å². The quantitative estimate of drug-likeness (QED) is 0.438. The molecule has 0 atom stereocenters. The van der Waals surface area contributed by atoms with Crippen LogP contribution >= 0.6 is 24.4 Å². The van der Waals surface area contributed by atoms with E-state index in [1.807, 2.05) is 45.0 Å². The summed E-state index contributed by atoms with van der Waals surface area (Å²) in [7, 11) is 0. The van der Waals surface area contributed by atoms with Crippen molar-refractivity contribution in [1.82, 2.24) is 16.0 Å². The summed E-state index contributed by atoms with van der Waals surface area (Å²) < 4.78 is 0. The van der Waals surface area contributed by atoms with E-state index < -0.39 is 0 Å². The number of likely N-dealkylation sites (N-methyl/N-ethyl adjacent to an activating group) is 1. The Kier molecular flexibility index (Phi) is 7.50. The number of nitrogens with one attached hydrogen (secondary N) is 3. The maximum atomic E-state index is 9.51. The van der Waals surface area contributed by atoms with Gasteiger partial charge in [-0.15, -0.1) is 0 Å². The minimum absolute atomic E-state index is 0.376. The Morgan fingerprint density at radius 3 is 2.18 bits per heavy atom. The van der Waals surface area contributed by atoms with Crippen molar-refractivity contribution in [2.45, 2.75) is 20.8 Å². The molecule has 0 aliphatic heterocycles. The van der Waals surface area contributed by atoms with E-state index in [1.165, 1.54) is 0 Å². The third kappa shape index (κ3) is 5.10. The van der Waals surface area contributed by atoms with Gasteiger partial charge in [0.1, 0.15) is 16.6 Å². The van der Waals surface area contributed by atoms with Crippen molar-refractivity contribution in [2.24, 2.45) is 0 Å². The summed E-state index contributed by atoms with van der Waals surface area (Å²) in [4.78, 5) is 0.410. The molecule has 0 bridgehead atoms. The average molecular weight is 332 g/mol. The highest BCUT2D eigenvalue weighted by atomic mass is 32.1. The van der Waals surface area contributed by atoms with Gasteiger partial charge in [-0.3, -0.25) is 0 Å². The van der Waals surface area contributed by atoms with Gasteiger partial charge in [0.25, 0.3) is 0 Å². The van der Waals surface area contributed by atoms with Crippen LogP contribution in [0, 0.1) is 18.3 Å². The molecule has 0 aliphatic carbocycles. The Labute approximate surface area is 142 Å². The highest BCUT2D eigenvalue weighted by molar-refractivity contribution is 7.81. The van der Waals surface area contributed by atoms with Gasteiger partial charge in [0, 0.05) is 13.1 Å². The molecule has 0 fully saturated rings. The number of nitrogens with zero attached hydrogens (tertiary/aromatic N) is 1. The lowest BCUT2D eigenvalue weighted by Crippen LogP contribution is -2.35. The summed E-state index contributed by atoms with van der Waals surface area (Å²) in [6.45, 7) is 7.26. The van der Waals surface area contributed by atoms with Gasteiger partial charge in [-0.1, -0.05) is 42.0 Å². The maximum Gasteiger partial charge on any atom is 0.170 e. The molecule has 0 radical (unpaired) electrons. The smallest absolute Gasteiger partial charge is 0.170 e. The molecular weight excluding hydrogens is 312 g/mol. The lowest BCUT2D eigenvalue weighted by molar-refractivity contribution is 0.950. The Morgan fingerprint density at radius 1 is 1.09 bits per heavy atom. The van der Waals surface area contributed by atoms with E-state index in [9.17, 15) is 5.26 Å². The first-order valence-corrected chi connectivity index (χ1v) is 7.89. The van der Waals surface area contributed by atoms with Crippen molar-refractivity contribution in [3.8, 4) is 6.07 Å². The van der Waals surface area contributed by atoms with E-state index in [2.05, 4.69) is 22.0 Å². The van der Waals surface area contributed by atoms with Gasteiger partial charge in [-0.2, -0.15) is 5.26 Å². The molecule has 116 valence electrons. The predicted molar refractivity (Wildman–Crippen MR) is 99.4 cm³/mol. The van der Waals surface area contributed by atoms with Crippen molar-refractivity contribution < 1.29 is 0 Å².